The molecule has 0 saturated carbocycles. The lowest BCUT2D eigenvalue weighted by molar-refractivity contribution is -0.117. The van der Waals surface area contributed by atoms with Crippen LogP contribution < -0.4 is 16.0 Å². The van der Waals surface area contributed by atoms with E-state index >= 15 is 0 Å². The first kappa shape index (κ1) is 18.5. The van der Waals surface area contributed by atoms with Crippen LogP contribution in [0, 0.1) is 5.92 Å². The van der Waals surface area contributed by atoms with Crippen molar-refractivity contribution in [2.24, 2.45) is 11.7 Å². The Balaban J connectivity index is 2.65. The summed E-state index contributed by atoms with van der Waals surface area (Å²) < 4.78 is 0. The number of carbonyl (C=O) groups is 1. The van der Waals surface area contributed by atoms with Crippen LogP contribution in [0.2, 0.25) is 0 Å². The van der Waals surface area contributed by atoms with E-state index < -0.39 is 6.04 Å². The predicted molar refractivity (Wildman–Crippen MR) is 95.3 cm³/mol. The van der Waals surface area contributed by atoms with Gasteiger partial charge in [0.2, 0.25) is 5.91 Å². The van der Waals surface area contributed by atoms with Crippen LogP contribution in [0.15, 0.2) is 24.3 Å². The lowest BCUT2D eigenvalue weighted by Crippen LogP contribution is -2.36. The number of benzene rings is 1. The summed E-state index contributed by atoms with van der Waals surface area (Å²) in [6.07, 6.45) is 2.95. The van der Waals surface area contributed by atoms with E-state index in [2.05, 4.69) is 50.0 Å². The summed E-state index contributed by atoms with van der Waals surface area (Å²) in [5, 5.41) is 2.89. The van der Waals surface area contributed by atoms with Gasteiger partial charge in [-0.25, -0.2) is 0 Å². The number of hydrogen-bond donors (Lipinski definition) is 2. The van der Waals surface area contributed by atoms with Crippen LogP contribution in [0.3, 0.4) is 0 Å². The number of amides is 1. The van der Waals surface area contributed by atoms with Crippen molar-refractivity contribution in [2.45, 2.75) is 53.0 Å². The molecule has 1 aromatic rings. The Morgan fingerprint density at radius 3 is 2.14 bits per heavy atom. The van der Waals surface area contributed by atoms with Crippen LogP contribution >= 0.6 is 0 Å². The third-order valence-electron chi connectivity index (χ3n) is 3.55. The molecule has 0 aliphatic rings. The van der Waals surface area contributed by atoms with E-state index in [1.54, 1.807) is 0 Å². The molecule has 0 aromatic heterocycles. The maximum atomic E-state index is 12.0. The highest BCUT2D eigenvalue weighted by atomic mass is 16.2. The Morgan fingerprint density at radius 1 is 1.14 bits per heavy atom. The average Bonchev–Trinajstić information content (AvgIpc) is 2.47. The van der Waals surface area contributed by atoms with Crippen molar-refractivity contribution < 1.29 is 4.79 Å². The molecule has 0 fully saturated rings. The monoisotopic (exact) mass is 305 g/mol. The SMILES string of the molecule is CCCN(CCC)c1ccc(NC(=O)[C@@H](N)CC(C)C)cc1. The largest absolute Gasteiger partial charge is 0.372 e. The Kier molecular flexibility index (Phi) is 7.96. The van der Waals surface area contributed by atoms with Crippen molar-refractivity contribution in [1.82, 2.24) is 0 Å². The standard InChI is InChI=1S/C18H31N3O/c1-5-11-21(12-6-2)16-9-7-15(8-10-16)20-18(22)17(19)13-14(3)4/h7-10,14,17H,5-6,11-13,19H2,1-4H3,(H,20,22)/t17-/m0/s1. The van der Waals surface area contributed by atoms with Gasteiger partial charge >= 0.3 is 0 Å². The zero-order valence-electron chi connectivity index (χ0n) is 14.4. The molecule has 124 valence electrons. The zero-order chi connectivity index (χ0) is 16.5. The third-order valence-corrected chi connectivity index (χ3v) is 3.55. The van der Waals surface area contributed by atoms with Gasteiger partial charge < -0.3 is 16.0 Å². The van der Waals surface area contributed by atoms with E-state index in [0.29, 0.717) is 12.3 Å². The predicted octanol–water partition coefficient (Wildman–Crippen LogP) is 3.62. The molecule has 1 aromatic carbocycles. The molecule has 0 aliphatic heterocycles. The Morgan fingerprint density at radius 2 is 1.68 bits per heavy atom. The van der Waals surface area contributed by atoms with Crippen LogP contribution in [0.25, 0.3) is 0 Å². The van der Waals surface area contributed by atoms with Crippen molar-refractivity contribution in [1.29, 1.82) is 0 Å². The van der Waals surface area contributed by atoms with E-state index in [4.69, 9.17) is 5.73 Å². The van der Waals surface area contributed by atoms with Crippen molar-refractivity contribution in [3.8, 4) is 0 Å². The second kappa shape index (κ2) is 9.46. The number of nitrogens with one attached hydrogen (secondary N) is 1. The van der Waals surface area contributed by atoms with E-state index in [9.17, 15) is 4.79 Å². The maximum Gasteiger partial charge on any atom is 0.241 e. The van der Waals surface area contributed by atoms with Crippen molar-refractivity contribution in [3.05, 3.63) is 24.3 Å². The molecule has 22 heavy (non-hydrogen) atoms. The summed E-state index contributed by atoms with van der Waals surface area (Å²) in [4.78, 5) is 14.4. The fourth-order valence-electron chi connectivity index (χ4n) is 2.52. The Bertz CT molecular complexity index is 436. The number of nitrogens with zero attached hydrogens (tertiary/aromatic N) is 1. The second-order valence-electron chi connectivity index (χ2n) is 6.26. The van der Waals surface area contributed by atoms with Gasteiger partial charge in [0, 0.05) is 24.5 Å². The topological polar surface area (TPSA) is 58.4 Å². The molecule has 0 aliphatic carbocycles. The fraction of sp³-hybridized carbons (Fsp3) is 0.611. The van der Waals surface area contributed by atoms with Crippen LogP contribution in [0.1, 0.15) is 47.0 Å². The van der Waals surface area contributed by atoms with Crippen LogP contribution in [-0.4, -0.2) is 25.0 Å². The molecule has 0 unspecified atom stereocenters. The van der Waals surface area contributed by atoms with Gasteiger partial charge in [0.05, 0.1) is 6.04 Å². The number of nitrogens with two attached hydrogens (primary N) is 1. The average molecular weight is 305 g/mol. The molecule has 0 saturated heterocycles. The van der Waals surface area contributed by atoms with Crippen LogP contribution in [-0.2, 0) is 4.79 Å². The third kappa shape index (κ3) is 6.06. The number of rotatable bonds is 9. The number of carbonyl (C=O) groups excluding carboxylic acids is 1. The molecular formula is C18H31N3O. The molecule has 1 amide bonds. The van der Waals surface area contributed by atoms with Crippen LogP contribution in [0.4, 0.5) is 11.4 Å². The first-order valence-electron chi connectivity index (χ1n) is 8.39. The van der Waals surface area contributed by atoms with Gasteiger partial charge in [0.25, 0.3) is 0 Å². The molecule has 3 N–H and O–H groups in total. The lowest BCUT2D eigenvalue weighted by atomic mass is 10.0. The minimum absolute atomic E-state index is 0.111. The van der Waals surface area contributed by atoms with Gasteiger partial charge in [0.15, 0.2) is 0 Å². The summed E-state index contributed by atoms with van der Waals surface area (Å²) in [7, 11) is 0. The molecule has 1 atom stereocenters. The molecule has 4 heteroatoms. The normalized spacial score (nSPS) is 12.3. The molecule has 1 rings (SSSR count). The summed E-state index contributed by atoms with van der Waals surface area (Å²) in [5.41, 5.74) is 7.91. The number of anilines is 2. The van der Waals surface area contributed by atoms with Gasteiger partial charge in [-0.1, -0.05) is 27.7 Å². The number of hydrogen-bond acceptors (Lipinski definition) is 3. The maximum absolute atomic E-state index is 12.0. The minimum atomic E-state index is -0.448. The zero-order valence-corrected chi connectivity index (χ0v) is 14.4. The first-order chi connectivity index (χ1) is 10.5. The summed E-state index contributed by atoms with van der Waals surface area (Å²) in [5.74, 6) is 0.306. The Labute approximate surface area is 135 Å². The van der Waals surface area contributed by atoms with Crippen molar-refractivity contribution in [3.63, 3.8) is 0 Å². The Hall–Kier alpha value is -1.55. The lowest BCUT2D eigenvalue weighted by Gasteiger charge is -2.24. The highest BCUT2D eigenvalue weighted by molar-refractivity contribution is 5.94. The van der Waals surface area contributed by atoms with Gasteiger partial charge in [-0.05, 0) is 49.4 Å². The second-order valence-corrected chi connectivity index (χ2v) is 6.26. The fourth-order valence-corrected chi connectivity index (χ4v) is 2.52. The highest BCUT2D eigenvalue weighted by Gasteiger charge is 2.15. The van der Waals surface area contributed by atoms with Crippen LogP contribution in [0.5, 0.6) is 0 Å². The van der Waals surface area contributed by atoms with Crippen molar-refractivity contribution in [2.75, 3.05) is 23.3 Å². The smallest absolute Gasteiger partial charge is 0.241 e. The van der Waals surface area contributed by atoms with E-state index in [1.165, 1.54) is 5.69 Å². The summed E-state index contributed by atoms with van der Waals surface area (Å²) in [6.45, 7) is 10.6. The first-order valence-corrected chi connectivity index (χ1v) is 8.39. The summed E-state index contributed by atoms with van der Waals surface area (Å²) >= 11 is 0. The molecule has 0 radical (unpaired) electrons. The van der Waals surface area contributed by atoms with Gasteiger partial charge in [-0.15, -0.1) is 0 Å². The molecule has 4 nitrogen and oxygen atoms in total. The highest BCUT2D eigenvalue weighted by Crippen LogP contribution is 2.19. The molecular weight excluding hydrogens is 274 g/mol. The van der Waals surface area contributed by atoms with E-state index in [1.807, 2.05) is 12.1 Å². The van der Waals surface area contributed by atoms with Gasteiger partial charge in [-0.2, -0.15) is 0 Å². The quantitative estimate of drug-likeness (QED) is 0.732. The van der Waals surface area contributed by atoms with E-state index in [0.717, 1.165) is 31.6 Å². The van der Waals surface area contributed by atoms with E-state index in [-0.39, 0.29) is 5.91 Å². The van der Waals surface area contributed by atoms with Gasteiger partial charge in [0.1, 0.15) is 0 Å². The summed E-state index contributed by atoms with van der Waals surface area (Å²) in [6, 6.07) is 7.59. The molecule has 0 bridgehead atoms. The molecule has 0 heterocycles. The minimum Gasteiger partial charge on any atom is -0.372 e. The van der Waals surface area contributed by atoms with Gasteiger partial charge in [-0.3, -0.25) is 4.79 Å². The molecule has 0 spiro atoms. The van der Waals surface area contributed by atoms with Crippen molar-refractivity contribution >= 4 is 17.3 Å².